The highest BCUT2D eigenvalue weighted by molar-refractivity contribution is 5.90. The summed E-state index contributed by atoms with van der Waals surface area (Å²) in [5.74, 6) is -0.905. The van der Waals surface area contributed by atoms with Crippen molar-refractivity contribution >= 4 is 22.6 Å². The van der Waals surface area contributed by atoms with E-state index in [2.05, 4.69) is 15.5 Å². The van der Waals surface area contributed by atoms with Crippen LogP contribution in [0, 0.1) is 0 Å². The number of methoxy groups -OCH3 is 1. The Bertz CT molecular complexity index is 1060. The number of aromatic nitrogens is 2. The summed E-state index contributed by atoms with van der Waals surface area (Å²) in [6, 6.07) is 12.3. The fourth-order valence-electron chi connectivity index (χ4n) is 2.91. The highest BCUT2D eigenvalue weighted by Gasteiger charge is 2.23. The summed E-state index contributed by atoms with van der Waals surface area (Å²) in [5, 5.41) is 19.4. The quantitative estimate of drug-likeness (QED) is 0.549. The van der Waals surface area contributed by atoms with Crippen LogP contribution in [0.25, 0.3) is 10.8 Å². The summed E-state index contributed by atoms with van der Waals surface area (Å²) in [4.78, 5) is 36.5. The molecule has 144 valence electrons. The number of carbonyl (C=O) groups excluding carboxylic acids is 2. The van der Waals surface area contributed by atoms with Crippen LogP contribution in [0.5, 0.6) is 5.75 Å². The summed E-state index contributed by atoms with van der Waals surface area (Å²) in [6.07, 6.45) is 0.0961. The van der Waals surface area contributed by atoms with Crippen molar-refractivity contribution in [2.45, 2.75) is 18.9 Å². The van der Waals surface area contributed by atoms with Crippen LogP contribution in [0.1, 0.15) is 11.3 Å². The van der Waals surface area contributed by atoms with Crippen LogP contribution >= 0.6 is 0 Å². The van der Waals surface area contributed by atoms with Gasteiger partial charge in [-0.2, -0.15) is 5.10 Å². The fourth-order valence-corrected chi connectivity index (χ4v) is 2.91. The van der Waals surface area contributed by atoms with Gasteiger partial charge in [0, 0.05) is 11.8 Å². The van der Waals surface area contributed by atoms with Gasteiger partial charge in [0.05, 0.1) is 24.6 Å². The molecule has 3 aromatic rings. The molecule has 0 aliphatic heterocycles. The van der Waals surface area contributed by atoms with Gasteiger partial charge in [0.2, 0.25) is 5.91 Å². The number of benzene rings is 2. The molecule has 0 saturated carbocycles. The first-order valence-electron chi connectivity index (χ1n) is 8.59. The van der Waals surface area contributed by atoms with Gasteiger partial charge in [-0.1, -0.05) is 30.3 Å². The second-order valence-corrected chi connectivity index (χ2v) is 6.24. The predicted molar refractivity (Wildman–Crippen MR) is 102 cm³/mol. The Morgan fingerprint density at radius 3 is 2.50 bits per heavy atom. The van der Waals surface area contributed by atoms with E-state index >= 15 is 0 Å². The molecule has 0 radical (unpaired) electrons. The van der Waals surface area contributed by atoms with E-state index in [-0.39, 0.29) is 24.2 Å². The number of carbonyl (C=O) groups is 2. The van der Waals surface area contributed by atoms with Gasteiger partial charge in [-0.25, -0.2) is 9.89 Å². The van der Waals surface area contributed by atoms with E-state index in [1.54, 1.807) is 36.4 Å². The first-order valence-corrected chi connectivity index (χ1v) is 8.59. The molecule has 0 fully saturated rings. The number of rotatable bonds is 6. The van der Waals surface area contributed by atoms with Gasteiger partial charge in [0.25, 0.3) is 5.56 Å². The van der Waals surface area contributed by atoms with Crippen molar-refractivity contribution in [3.8, 4) is 5.75 Å². The lowest BCUT2D eigenvalue weighted by Gasteiger charge is -2.17. The van der Waals surface area contributed by atoms with Crippen LogP contribution < -0.4 is 10.9 Å². The zero-order chi connectivity index (χ0) is 20.1. The lowest BCUT2D eigenvalue weighted by molar-refractivity contribution is -0.145. The Morgan fingerprint density at radius 2 is 1.82 bits per heavy atom. The van der Waals surface area contributed by atoms with Gasteiger partial charge in [0.1, 0.15) is 11.8 Å². The van der Waals surface area contributed by atoms with Crippen molar-refractivity contribution in [1.29, 1.82) is 0 Å². The third-order valence-corrected chi connectivity index (χ3v) is 4.30. The first-order chi connectivity index (χ1) is 13.5. The molecule has 0 spiro atoms. The molecular formula is C20H19N3O5. The number of aromatic amines is 1. The van der Waals surface area contributed by atoms with Crippen LogP contribution in [0.2, 0.25) is 0 Å². The molecule has 0 aliphatic carbocycles. The van der Waals surface area contributed by atoms with Gasteiger partial charge in [-0.3, -0.25) is 9.59 Å². The zero-order valence-electron chi connectivity index (χ0n) is 15.1. The van der Waals surface area contributed by atoms with Crippen molar-refractivity contribution in [3.63, 3.8) is 0 Å². The minimum absolute atomic E-state index is 0.110. The summed E-state index contributed by atoms with van der Waals surface area (Å²) in [7, 11) is 1.25. The topological polar surface area (TPSA) is 121 Å². The van der Waals surface area contributed by atoms with E-state index in [1.165, 1.54) is 19.2 Å². The molecule has 3 rings (SSSR count). The van der Waals surface area contributed by atoms with Gasteiger partial charge in [-0.05, 0) is 23.8 Å². The summed E-state index contributed by atoms with van der Waals surface area (Å²) in [5.41, 5.74) is 0.821. The molecule has 8 heteroatoms. The van der Waals surface area contributed by atoms with E-state index in [0.717, 1.165) is 5.56 Å². The largest absolute Gasteiger partial charge is 0.508 e. The number of ether oxygens (including phenoxy) is 1. The Kier molecular flexibility index (Phi) is 5.69. The number of nitrogens with zero attached hydrogens (tertiary/aromatic N) is 1. The van der Waals surface area contributed by atoms with E-state index in [1.807, 2.05) is 0 Å². The third-order valence-electron chi connectivity index (χ3n) is 4.30. The summed E-state index contributed by atoms with van der Waals surface area (Å²) >= 11 is 0. The van der Waals surface area contributed by atoms with E-state index in [9.17, 15) is 19.5 Å². The minimum Gasteiger partial charge on any atom is -0.508 e. The van der Waals surface area contributed by atoms with Gasteiger partial charge >= 0.3 is 5.97 Å². The lowest BCUT2D eigenvalue weighted by Crippen LogP contribution is -2.43. The Morgan fingerprint density at radius 1 is 1.14 bits per heavy atom. The molecule has 0 unspecified atom stereocenters. The standard InChI is InChI=1S/C20H19N3O5/c1-28-20(27)17(10-12-6-8-13(24)9-7-12)21-18(25)11-16-14-4-2-3-5-15(14)19(26)23-22-16/h2-9,17,24H,10-11H2,1H3,(H,21,25)(H,23,26)/t17-/m0/s1. The van der Waals surface area contributed by atoms with Gasteiger partial charge in [-0.15, -0.1) is 0 Å². The molecule has 3 N–H and O–H groups in total. The van der Waals surface area contributed by atoms with Crippen molar-refractivity contribution in [2.24, 2.45) is 0 Å². The fraction of sp³-hybridized carbons (Fsp3) is 0.200. The molecule has 1 aromatic heterocycles. The maximum absolute atomic E-state index is 12.5. The average molecular weight is 381 g/mol. The molecule has 0 aliphatic rings. The smallest absolute Gasteiger partial charge is 0.328 e. The first kappa shape index (κ1) is 19.1. The maximum atomic E-state index is 12.5. The van der Waals surface area contributed by atoms with Crippen molar-refractivity contribution < 1.29 is 19.4 Å². The normalized spacial score (nSPS) is 11.8. The van der Waals surface area contributed by atoms with Crippen molar-refractivity contribution in [1.82, 2.24) is 15.5 Å². The Balaban J connectivity index is 1.77. The molecule has 0 bridgehead atoms. The Hall–Kier alpha value is -3.68. The number of phenolic OH excluding ortho intramolecular Hbond substituents is 1. The average Bonchev–Trinajstić information content (AvgIpc) is 2.71. The molecule has 1 amide bonds. The summed E-state index contributed by atoms with van der Waals surface area (Å²) in [6.45, 7) is 0. The highest BCUT2D eigenvalue weighted by atomic mass is 16.5. The molecule has 2 aromatic carbocycles. The second kappa shape index (κ2) is 8.34. The van der Waals surface area contributed by atoms with Crippen molar-refractivity contribution in [2.75, 3.05) is 7.11 Å². The molecular weight excluding hydrogens is 362 g/mol. The van der Waals surface area contributed by atoms with E-state index in [0.29, 0.717) is 16.5 Å². The number of phenols is 1. The van der Waals surface area contributed by atoms with Crippen LogP contribution in [0.4, 0.5) is 0 Å². The molecule has 8 nitrogen and oxygen atoms in total. The minimum atomic E-state index is -0.893. The second-order valence-electron chi connectivity index (χ2n) is 6.24. The lowest BCUT2D eigenvalue weighted by atomic mass is 10.0. The molecule has 1 heterocycles. The number of esters is 1. The van der Waals surface area contributed by atoms with E-state index < -0.39 is 17.9 Å². The van der Waals surface area contributed by atoms with Crippen LogP contribution in [-0.2, 0) is 27.2 Å². The molecule has 28 heavy (non-hydrogen) atoms. The third kappa shape index (κ3) is 4.35. The number of H-pyrrole nitrogens is 1. The monoisotopic (exact) mass is 381 g/mol. The van der Waals surface area contributed by atoms with Gasteiger partial charge in [0.15, 0.2) is 0 Å². The number of amides is 1. The molecule has 0 saturated heterocycles. The number of aromatic hydroxyl groups is 1. The highest BCUT2D eigenvalue weighted by Crippen LogP contribution is 2.14. The number of hydrogen-bond acceptors (Lipinski definition) is 6. The zero-order valence-corrected chi connectivity index (χ0v) is 15.1. The predicted octanol–water partition coefficient (Wildman–Crippen LogP) is 1.07. The number of nitrogens with one attached hydrogen (secondary N) is 2. The van der Waals surface area contributed by atoms with Crippen molar-refractivity contribution in [3.05, 3.63) is 70.1 Å². The molecule has 1 atom stereocenters. The van der Waals surface area contributed by atoms with Crippen LogP contribution in [0.15, 0.2) is 53.3 Å². The van der Waals surface area contributed by atoms with Crippen LogP contribution in [0.3, 0.4) is 0 Å². The maximum Gasteiger partial charge on any atom is 0.328 e. The summed E-state index contributed by atoms with van der Waals surface area (Å²) < 4.78 is 4.78. The van der Waals surface area contributed by atoms with Crippen LogP contribution in [-0.4, -0.2) is 40.3 Å². The number of fused-ring (bicyclic) bond motifs is 1. The number of hydrogen-bond donors (Lipinski definition) is 3. The SMILES string of the molecule is COC(=O)[C@H](Cc1ccc(O)cc1)NC(=O)Cc1n[nH]c(=O)c2ccccc12. The van der Waals surface area contributed by atoms with E-state index in [4.69, 9.17) is 4.74 Å². The Labute approximate surface area is 160 Å². The van der Waals surface area contributed by atoms with Gasteiger partial charge < -0.3 is 15.2 Å².